The number of nitrogens with zero attached hydrogens (tertiary/aromatic N) is 3. The van der Waals surface area contributed by atoms with E-state index >= 15 is 0 Å². The zero-order valence-electron chi connectivity index (χ0n) is 13.4. The maximum Gasteiger partial charge on any atom is 0.332 e. The van der Waals surface area contributed by atoms with Crippen molar-refractivity contribution in [3.8, 4) is 22.8 Å². The molecule has 7 nitrogen and oxygen atoms in total. The molecule has 4 rings (SSSR count). The van der Waals surface area contributed by atoms with E-state index in [0.29, 0.717) is 34.1 Å². The summed E-state index contributed by atoms with van der Waals surface area (Å²) in [6.45, 7) is 0. The largest absolute Gasteiger partial charge is 0.495 e. The lowest BCUT2D eigenvalue weighted by molar-refractivity contribution is 0.413. The van der Waals surface area contributed by atoms with Crippen LogP contribution in [0.2, 0.25) is 0 Å². The molecule has 7 heteroatoms. The second kappa shape index (κ2) is 5.79. The number of fused-ring (bicyclic) bond motifs is 1. The minimum absolute atomic E-state index is 0.307. The van der Waals surface area contributed by atoms with Gasteiger partial charge in [-0.3, -0.25) is 0 Å². The summed E-state index contributed by atoms with van der Waals surface area (Å²) >= 11 is 0. The first-order valence-electron chi connectivity index (χ1n) is 7.64. The molecule has 0 aliphatic heterocycles. The Morgan fingerprint density at radius 2 is 2.00 bits per heavy atom. The Kier molecular flexibility index (Phi) is 3.46. The second-order valence-corrected chi connectivity index (χ2v) is 5.49. The molecule has 0 saturated heterocycles. The zero-order valence-corrected chi connectivity index (χ0v) is 13.4. The van der Waals surface area contributed by atoms with Crippen molar-refractivity contribution >= 4 is 16.9 Å². The van der Waals surface area contributed by atoms with E-state index in [1.165, 1.54) is 4.57 Å². The first kappa shape index (κ1) is 14.9. The second-order valence-electron chi connectivity index (χ2n) is 5.49. The number of nitrogens with one attached hydrogen (secondary N) is 1. The standard InChI is InChI=1S/C18H15N5O2/c1-25-15-8-3-2-7-14(15)23-17-13(21-18(23)24)10-20-16(22-17)11-5-4-6-12(19)9-11/h2-10H,19H2,1H3,(H,21,24). The van der Waals surface area contributed by atoms with Crippen LogP contribution in [0.1, 0.15) is 0 Å². The summed E-state index contributed by atoms with van der Waals surface area (Å²) in [4.78, 5) is 24.1. The summed E-state index contributed by atoms with van der Waals surface area (Å²) in [6, 6.07) is 14.6. The Hall–Kier alpha value is -3.61. The Morgan fingerprint density at radius 3 is 2.80 bits per heavy atom. The smallest absolute Gasteiger partial charge is 0.332 e. The van der Waals surface area contributed by atoms with Crippen molar-refractivity contribution in [1.82, 2.24) is 19.5 Å². The average Bonchev–Trinajstić information content (AvgIpc) is 2.96. The number of benzene rings is 2. The number of ether oxygens (including phenoxy) is 1. The quantitative estimate of drug-likeness (QED) is 0.561. The van der Waals surface area contributed by atoms with Gasteiger partial charge in [0, 0.05) is 11.3 Å². The lowest BCUT2D eigenvalue weighted by atomic mass is 10.2. The molecule has 3 N–H and O–H groups in total. The number of rotatable bonds is 3. The SMILES string of the molecule is COc1ccccc1-n1c(=O)[nH]c2cnc(-c3cccc(N)c3)nc21. The van der Waals surface area contributed by atoms with Crippen molar-refractivity contribution in [2.75, 3.05) is 12.8 Å². The average molecular weight is 333 g/mol. The molecule has 0 amide bonds. The topological polar surface area (TPSA) is 98.8 Å². The number of hydrogen-bond acceptors (Lipinski definition) is 5. The van der Waals surface area contributed by atoms with Gasteiger partial charge < -0.3 is 15.5 Å². The Balaban J connectivity index is 1.98. The third-order valence-corrected chi connectivity index (χ3v) is 3.90. The van der Waals surface area contributed by atoms with E-state index in [1.54, 1.807) is 37.6 Å². The van der Waals surface area contributed by atoms with Gasteiger partial charge in [0.2, 0.25) is 0 Å². The highest BCUT2D eigenvalue weighted by atomic mass is 16.5. The number of H-pyrrole nitrogens is 1. The van der Waals surface area contributed by atoms with Gasteiger partial charge in [0.25, 0.3) is 0 Å². The Morgan fingerprint density at radius 1 is 1.16 bits per heavy atom. The number of para-hydroxylation sites is 2. The van der Waals surface area contributed by atoms with Crippen LogP contribution in [0.4, 0.5) is 5.69 Å². The monoisotopic (exact) mass is 333 g/mol. The fourth-order valence-electron chi connectivity index (χ4n) is 2.75. The van der Waals surface area contributed by atoms with Crippen LogP contribution in [-0.2, 0) is 0 Å². The van der Waals surface area contributed by atoms with E-state index in [-0.39, 0.29) is 5.69 Å². The molecule has 0 saturated carbocycles. The molecule has 0 unspecified atom stereocenters. The molecule has 0 fully saturated rings. The molecule has 4 aromatic rings. The van der Waals surface area contributed by atoms with Crippen LogP contribution in [0.25, 0.3) is 28.2 Å². The van der Waals surface area contributed by atoms with Gasteiger partial charge in [0.1, 0.15) is 11.3 Å². The van der Waals surface area contributed by atoms with Gasteiger partial charge >= 0.3 is 5.69 Å². The van der Waals surface area contributed by atoms with Crippen molar-refractivity contribution in [2.24, 2.45) is 0 Å². The predicted molar refractivity (Wildman–Crippen MR) is 95.9 cm³/mol. The summed E-state index contributed by atoms with van der Waals surface area (Å²) in [5.41, 5.74) is 8.56. The molecule has 0 atom stereocenters. The first-order chi connectivity index (χ1) is 12.2. The van der Waals surface area contributed by atoms with Crippen LogP contribution in [0.5, 0.6) is 5.75 Å². The molecular formula is C18H15N5O2. The van der Waals surface area contributed by atoms with Gasteiger partial charge in [-0.2, -0.15) is 0 Å². The molecule has 0 bridgehead atoms. The predicted octanol–water partition coefficient (Wildman–Crippen LogP) is 2.37. The van der Waals surface area contributed by atoms with Gasteiger partial charge in [0.05, 0.1) is 19.0 Å². The molecule has 124 valence electrons. The van der Waals surface area contributed by atoms with Gasteiger partial charge in [-0.05, 0) is 24.3 Å². The maximum absolute atomic E-state index is 12.5. The van der Waals surface area contributed by atoms with Crippen LogP contribution in [-0.4, -0.2) is 26.6 Å². The number of nitrogens with two attached hydrogens (primary N) is 1. The summed E-state index contributed by atoms with van der Waals surface area (Å²) in [5.74, 6) is 1.07. The summed E-state index contributed by atoms with van der Waals surface area (Å²) in [7, 11) is 1.56. The van der Waals surface area contributed by atoms with Crippen molar-refractivity contribution in [2.45, 2.75) is 0 Å². The summed E-state index contributed by atoms with van der Waals surface area (Å²) < 4.78 is 6.85. The van der Waals surface area contributed by atoms with E-state index in [1.807, 2.05) is 24.3 Å². The highest BCUT2D eigenvalue weighted by Crippen LogP contribution is 2.25. The molecule has 0 radical (unpaired) electrons. The van der Waals surface area contributed by atoms with E-state index < -0.39 is 0 Å². The maximum atomic E-state index is 12.5. The highest BCUT2D eigenvalue weighted by molar-refractivity contribution is 5.76. The molecule has 2 aromatic carbocycles. The van der Waals surface area contributed by atoms with Crippen molar-refractivity contribution in [3.05, 3.63) is 65.2 Å². The third kappa shape index (κ3) is 2.51. The number of aromatic nitrogens is 4. The number of methoxy groups -OCH3 is 1. The minimum atomic E-state index is -0.307. The van der Waals surface area contributed by atoms with Gasteiger partial charge in [0.15, 0.2) is 11.5 Å². The van der Waals surface area contributed by atoms with Crippen molar-refractivity contribution < 1.29 is 4.74 Å². The van der Waals surface area contributed by atoms with E-state index in [9.17, 15) is 4.79 Å². The lowest BCUT2D eigenvalue weighted by Gasteiger charge is -2.09. The fourth-order valence-corrected chi connectivity index (χ4v) is 2.75. The van der Waals surface area contributed by atoms with Crippen LogP contribution in [0.3, 0.4) is 0 Å². The van der Waals surface area contributed by atoms with Crippen molar-refractivity contribution in [3.63, 3.8) is 0 Å². The third-order valence-electron chi connectivity index (χ3n) is 3.90. The molecule has 0 aliphatic carbocycles. The summed E-state index contributed by atoms with van der Waals surface area (Å²) in [5, 5.41) is 0. The number of aromatic amines is 1. The van der Waals surface area contributed by atoms with Crippen molar-refractivity contribution in [1.29, 1.82) is 0 Å². The first-order valence-corrected chi connectivity index (χ1v) is 7.64. The molecule has 2 aromatic heterocycles. The normalized spacial score (nSPS) is 10.9. The van der Waals surface area contributed by atoms with Gasteiger partial charge in [-0.15, -0.1) is 0 Å². The van der Waals surface area contributed by atoms with E-state index in [0.717, 1.165) is 5.56 Å². The zero-order chi connectivity index (χ0) is 17.4. The Bertz CT molecular complexity index is 1130. The van der Waals surface area contributed by atoms with E-state index in [2.05, 4.69) is 15.0 Å². The van der Waals surface area contributed by atoms with Crippen LogP contribution < -0.4 is 16.2 Å². The highest BCUT2D eigenvalue weighted by Gasteiger charge is 2.15. The minimum Gasteiger partial charge on any atom is -0.495 e. The molecule has 2 heterocycles. The number of nitrogen functional groups attached to an aromatic ring is 1. The number of anilines is 1. The number of hydrogen-bond donors (Lipinski definition) is 2. The number of imidazole rings is 1. The molecular weight excluding hydrogens is 318 g/mol. The summed E-state index contributed by atoms with van der Waals surface area (Å²) in [6.07, 6.45) is 1.59. The molecule has 25 heavy (non-hydrogen) atoms. The van der Waals surface area contributed by atoms with Crippen LogP contribution in [0, 0.1) is 0 Å². The molecule has 0 spiro atoms. The van der Waals surface area contributed by atoms with Gasteiger partial charge in [-0.25, -0.2) is 19.3 Å². The fraction of sp³-hybridized carbons (Fsp3) is 0.0556. The molecule has 0 aliphatic rings. The van der Waals surface area contributed by atoms with E-state index in [4.69, 9.17) is 10.5 Å². The van der Waals surface area contributed by atoms with Crippen LogP contribution >= 0.6 is 0 Å². The lowest BCUT2D eigenvalue weighted by Crippen LogP contribution is -2.15. The van der Waals surface area contributed by atoms with Gasteiger partial charge in [-0.1, -0.05) is 24.3 Å². The Labute approximate surface area is 142 Å². The van der Waals surface area contributed by atoms with Crippen LogP contribution in [0.15, 0.2) is 59.5 Å².